The molecular weight excluding hydrogens is 310 g/mol. The normalized spacial score (nSPS) is 28.8. The molecule has 7 heteroatoms. The maximum atomic E-state index is 12.5. The number of amides is 2. The maximum Gasteiger partial charge on any atom is 0.253 e. The van der Waals surface area contributed by atoms with Crippen LogP contribution in [0.3, 0.4) is 0 Å². The van der Waals surface area contributed by atoms with Crippen molar-refractivity contribution in [3.05, 3.63) is 0 Å². The van der Waals surface area contributed by atoms with Gasteiger partial charge in [-0.3, -0.25) is 14.5 Å². The second-order valence-corrected chi connectivity index (χ2v) is 6.92. The highest BCUT2D eigenvalue weighted by Crippen LogP contribution is 2.14. The van der Waals surface area contributed by atoms with E-state index in [4.69, 9.17) is 9.47 Å². The van der Waals surface area contributed by atoms with Crippen molar-refractivity contribution in [1.82, 2.24) is 15.1 Å². The van der Waals surface area contributed by atoms with Gasteiger partial charge in [0.25, 0.3) is 5.91 Å². The van der Waals surface area contributed by atoms with Crippen molar-refractivity contribution in [2.75, 3.05) is 52.5 Å². The summed E-state index contributed by atoms with van der Waals surface area (Å²) in [4.78, 5) is 28.6. The standard InChI is InChI=1S/C17H29N3O4/c21-16(18-11-14-5-4-9-23-14)13-19-8-10-24-15(12-19)17(22)20-6-2-1-3-7-20/h14-15H,1-13H2,(H,18,21). The van der Waals surface area contributed by atoms with Gasteiger partial charge in [0, 0.05) is 39.3 Å². The second-order valence-electron chi connectivity index (χ2n) is 6.92. The Balaban J connectivity index is 1.41. The van der Waals surface area contributed by atoms with Gasteiger partial charge in [0.1, 0.15) is 6.10 Å². The first kappa shape index (κ1) is 17.6. The van der Waals surface area contributed by atoms with Crippen LogP contribution in [-0.4, -0.2) is 86.3 Å². The molecule has 3 aliphatic rings. The Hall–Kier alpha value is -1.18. The van der Waals surface area contributed by atoms with Crippen molar-refractivity contribution in [2.24, 2.45) is 0 Å². The van der Waals surface area contributed by atoms with Gasteiger partial charge < -0.3 is 19.7 Å². The third-order valence-corrected chi connectivity index (χ3v) is 5.01. The third-order valence-electron chi connectivity index (χ3n) is 5.01. The minimum atomic E-state index is -0.428. The predicted molar refractivity (Wildman–Crippen MR) is 88.6 cm³/mol. The Morgan fingerprint density at radius 2 is 1.83 bits per heavy atom. The molecule has 0 bridgehead atoms. The zero-order valence-electron chi connectivity index (χ0n) is 14.4. The fourth-order valence-corrected chi connectivity index (χ4v) is 3.61. The molecule has 0 aromatic rings. The van der Waals surface area contributed by atoms with Crippen molar-refractivity contribution in [3.63, 3.8) is 0 Å². The van der Waals surface area contributed by atoms with E-state index in [1.165, 1.54) is 6.42 Å². The fraction of sp³-hybridized carbons (Fsp3) is 0.882. The Morgan fingerprint density at radius 1 is 1.00 bits per heavy atom. The summed E-state index contributed by atoms with van der Waals surface area (Å²) >= 11 is 0. The van der Waals surface area contributed by atoms with Crippen LogP contribution in [0.15, 0.2) is 0 Å². The number of carbonyl (C=O) groups excluding carboxylic acids is 2. The van der Waals surface area contributed by atoms with Crippen molar-refractivity contribution in [1.29, 1.82) is 0 Å². The lowest BCUT2D eigenvalue weighted by Crippen LogP contribution is -2.53. The van der Waals surface area contributed by atoms with E-state index >= 15 is 0 Å². The Bertz CT molecular complexity index is 434. The quantitative estimate of drug-likeness (QED) is 0.763. The summed E-state index contributed by atoms with van der Waals surface area (Å²) < 4.78 is 11.2. The van der Waals surface area contributed by atoms with Gasteiger partial charge in [-0.15, -0.1) is 0 Å². The number of likely N-dealkylation sites (tertiary alicyclic amines) is 1. The number of nitrogens with one attached hydrogen (secondary N) is 1. The van der Waals surface area contributed by atoms with E-state index in [1.807, 2.05) is 9.80 Å². The number of carbonyl (C=O) groups is 2. The van der Waals surface area contributed by atoms with Crippen LogP contribution in [-0.2, 0) is 19.1 Å². The summed E-state index contributed by atoms with van der Waals surface area (Å²) in [5.74, 6) is 0.0794. The van der Waals surface area contributed by atoms with Crippen LogP contribution in [0.2, 0.25) is 0 Å². The second kappa shape index (κ2) is 8.78. The molecule has 2 amide bonds. The molecule has 0 saturated carbocycles. The summed E-state index contributed by atoms with van der Waals surface area (Å²) in [5.41, 5.74) is 0. The van der Waals surface area contributed by atoms with E-state index in [-0.39, 0.29) is 17.9 Å². The van der Waals surface area contributed by atoms with Gasteiger partial charge in [-0.25, -0.2) is 0 Å². The molecule has 0 radical (unpaired) electrons. The Kier molecular flexibility index (Phi) is 6.45. The molecule has 7 nitrogen and oxygen atoms in total. The van der Waals surface area contributed by atoms with Crippen LogP contribution in [0.1, 0.15) is 32.1 Å². The molecule has 3 fully saturated rings. The highest BCUT2D eigenvalue weighted by atomic mass is 16.5. The van der Waals surface area contributed by atoms with Crippen LogP contribution in [0.4, 0.5) is 0 Å². The number of hydrogen-bond acceptors (Lipinski definition) is 5. The fourth-order valence-electron chi connectivity index (χ4n) is 3.61. The average Bonchev–Trinajstić information content (AvgIpc) is 3.14. The Morgan fingerprint density at radius 3 is 2.58 bits per heavy atom. The molecule has 3 saturated heterocycles. The smallest absolute Gasteiger partial charge is 0.253 e. The molecule has 2 unspecified atom stereocenters. The maximum absolute atomic E-state index is 12.5. The van der Waals surface area contributed by atoms with Gasteiger partial charge in [-0.2, -0.15) is 0 Å². The van der Waals surface area contributed by atoms with Gasteiger partial charge in [-0.1, -0.05) is 0 Å². The zero-order valence-corrected chi connectivity index (χ0v) is 14.4. The molecule has 0 spiro atoms. The van der Waals surface area contributed by atoms with Crippen molar-refractivity contribution >= 4 is 11.8 Å². The van der Waals surface area contributed by atoms with E-state index in [0.717, 1.165) is 45.4 Å². The molecule has 1 N–H and O–H groups in total. The molecule has 3 heterocycles. The molecule has 0 aromatic heterocycles. The molecule has 24 heavy (non-hydrogen) atoms. The minimum absolute atomic E-state index is 0.00317. The van der Waals surface area contributed by atoms with Gasteiger partial charge >= 0.3 is 0 Å². The van der Waals surface area contributed by atoms with Crippen LogP contribution in [0.25, 0.3) is 0 Å². The number of ether oxygens (including phenoxy) is 2. The molecule has 0 aliphatic carbocycles. The van der Waals surface area contributed by atoms with Gasteiger partial charge in [0.2, 0.25) is 5.91 Å². The predicted octanol–water partition coefficient (Wildman–Crippen LogP) is -0.00510. The summed E-state index contributed by atoms with van der Waals surface area (Å²) in [6.45, 7) is 5.06. The molecule has 136 valence electrons. The minimum Gasteiger partial charge on any atom is -0.376 e. The topological polar surface area (TPSA) is 71.1 Å². The summed E-state index contributed by atoms with van der Waals surface area (Å²) in [6, 6.07) is 0. The van der Waals surface area contributed by atoms with E-state index < -0.39 is 6.10 Å². The van der Waals surface area contributed by atoms with Crippen molar-refractivity contribution < 1.29 is 19.1 Å². The Labute approximate surface area is 143 Å². The number of morpholine rings is 1. The highest BCUT2D eigenvalue weighted by molar-refractivity contribution is 5.82. The van der Waals surface area contributed by atoms with Gasteiger partial charge in [0.05, 0.1) is 19.3 Å². The molecule has 0 aromatic carbocycles. The van der Waals surface area contributed by atoms with Crippen LogP contribution in [0, 0.1) is 0 Å². The van der Waals surface area contributed by atoms with Crippen molar-refractivity contribution in [3.8, 4) is 0 Å². The summed E-state index contributed by atoms with van der Waals surface area (Å²) in [6.07, 6.45) is 5.18. The van der Waals surface area contributed by atoms with Crippen LogP contribution >= 0.6 is 0 Å². The summed E-state index contributed by atoms with van der Waals surface area (Å²) in [5, 5.41) is 2.94. The lowest BCUT2D eigenvalue weighted by Gasteiger charge is -2.35. The number of nitrogens with zero attached hydrogens (tertiary/aromatic N) is 2. The molecule has 2 atom stereocenters. The lowest BCUT2D eigenvalue weighted by atomic mass is 10.1. The monoisotopic (exact) mass is 339 g/mol. The number of piperidine rings is 1. The average molecular weight is 339 g/mol. The first-order valence-electron chi connectivity index (χ1n) is 9.23. The molecule has 3 aliphatic heterocycles. The van der Waals surface area contributed by atoms with Gasteiger partial charge in [-0.05, 0) is 32.1 Å². The molecular formula is C17H29N3O4. The van der Waals surface area contributed by atoms with E-state index in [2.05, 4.69) is 5.32 Å². The molecule has 3 rings (SSSR count). The first-order valence-corrected chi connectivity index (χ1v) is 9.23. The highest BCUT2D eigenvalue weighted by Gasteiger charge is 2.31. The lowest BCUT2D eigenvalue weighted by molar-refractivity contribution is -0.151. The number of rotatable bonds is 5. The number of hydrogen-bond donors (Lipinski definition) is 1. The van der Waals surface area contributed by atoms with Gasteiger partial charge in [0.15, 0.2) is 0 Å². The summed E-state index contributed by atoms with van der Waals surface area (Å²) in [7, 11) is 0. The third kappa shape index (κ3) is 4.91. The van der Waals surface area contributed by atoms with E-state index in [1.54, 1.807) is 0 Å². The van der Waals surface area contributed by atoms with Crippen molar-refractivity contribution in [2.45, 2.75) is 44.3 Å². The first-order chi connectivity index (χ1) is 11.7. The zero-order chi connectivity index (χ0) is 16.8. The SMILES string of the molecule is O=C(CN1CCOC(C(=O)N2CCCCC2)C1)NCC1CCCO1. The largest absolute Gasteiger partial charge is 0.376 e. The van der Waals surface area contributed by atoms with E-state index in [9.17, 15) is 9.59 Å². The van der Waals surface area contributed by atoms with E-state index in [0.29, 0.717) is 32.8 Å². The van der Waals surface area contributed by atoms with Crippen LogP contribution < -0.4 is 5.32 Å². The van der Waals surface area contributed by atoms with Crippen LogP contribution in [0.5, 0.6) is 0 Å².